The molecule has 3 N–H and O–H groups in total. The zero-order valence-corrected chi connectivity index (χ0v) is 21.3. The molecule has 190 valence electrons. The predicted molar refractivity (Wildman–Crippen MR) is 128 cm³/mol. The van der Waals surface area contributed by atoms with Crippen LogP contribution >= 0.6 is 0 Å². The van der Waals surface area contributed by atoms with E-state index in [2.05, 4.69) is 5.32 Å². The van der Waals surface area contributed by atoms with Gasteiger partial charge in [-0.15, -0.1) is 0 Å². The molecule has 9 heteroatoms. The Bertz CT molecular complexity index is 866. The first kappa shape index (κ1) is 27.6. The standard InChI is InChI=1S/C25H39N3O6/c1-16(34-24(2,3)4)20(26)21(29)27-19(15-17-9-11-18(32-6)12-10-17)22(30)28-14-8-13-25(28,5)23(31)33-7/h9-12,16,19-20H,8,13-15,26H2,1-7H3,(H,27,29)/t16-,19+,20+,25+/m1/s1. The molecule has 9 nitrogen and oxygen atoms in total. The number of amides is 2. The normalized spacial score (nSPS) is 20.9. The molecule has 2 rings (SSSR count). The van der Waals surface area contributed by atoms with Gasteiger partial charge in [0, 0.05) is 13.0 Å². The molecule has 1 aliphatic heterocycles. The number of likely N-dealkylation sites (tertiary alicyclic amines) is 1. The smallest absolute Gasteiger partial charge is 0.331 e. The van der Waals surface area contributed by atoms with Crippen LogP contribution in [0.25, 0.3) is 0 Å². The van der Waals surface area contributed by atoms with Crippen molar-refractivity contribution in [3.8, 4) is 5.75 Å². The third kappa shape index (κ3) is 6.70. The zero-order valence-electron chi connectivity index (χ0n) is 21.3. The average molecular weight is 478 g/mol. The van der Waals surface area contributed by atoms with Crippen LogP contribution in [-0.4, -0.2) is 72.8 Å². The number of ether oxygens (including phenoxy) is 3. The van der Waals surface area contributed by atoms with Crippen LogP contribution in [0.2, 0.25) is 0 Å². The summed E-state index contributed by atoms with van der Waals surface area (Å²) in [6, 6.07) is 5.35. The minimum absolute atomic E-state index is 0.226. The van der Waals surface area contributed by atoms with E-state index < -0.39 is 41.2 Å². The van der Waals surface area contributed by atoms with Gasteiger partial charge < -0.3 is 30.2 Å². The maximum absolute atomic E-state index is 13.7. The Labute approximate surface area is 202 Å². The third-order valence-electron chi connectivity index (χ3n) is 6.09. The first-order chi connectivity index (χ1) is 15.8. The molecule has 1 saturated heterocycles. The first-order valence-corrected chi connectivity index (χ1v) is 11.6. The second kappa shape index (κ2) is 11.2. The maximum atomic E-state index is 13.7. The molecule has 4 atom stereocenters. The van der Waals surface area contributed by atoms with Crippen molar-refractivity contribution in [3.63, 3.8) is 0 Å². The maximum Gasteiger partial charge on any atom is 0.331 e. The predicted octanol–water partition coefficient (Wildman–Crippen LogP) is 1.81. The number of benzene rings is 1. The highest BCUT2D eigenvalue weighted by Crippen LogP contribution is 2.31. The van der Waals surface area contributed by atoms with Crippen LogP contribution in [0.1, 0.15) is 53.0 Å². The van der Waals surface area contributed by atoms with Gasteiger partial charge in [0.05, 0.1) is 25.9 Å². The van der Waals surface area contributed by atoms with Gasteiger partial charge in [0.25, 0.3) is 0 Å². The molecule has 34 heavy (non-hydrogen) atoms. The van der Waals surface area contributed by atoms with Crippen molar-refractivity contribution in [2.75, 3.05) is 20.8 Å². The summed E-state index contributed by atoms with van der Waals surface area (Å²) in [4.78, 5) is 40.7. The number of carbonyl (C=O) groups is 3. The fourth-order valence-electron chi connectivity index (χ4n) is 4.25. The lowest BCUT2D eigenvalue weighted by molar-refractivity contribution is -0.159. The fourth-order valence-corrected chi connectivity index (χ4v) is 4.25. The van der Waals surface area contributed by atoms with E-state index >= 15 is 0 Å². The van der Waals surface area contributed by atoms with Gasteiger partial charge in [0.1, 0.15) is 23.4 Å². The van der Waals surface area contributed by atoms with Crippen LogP contribution in [0.3, 0.4) is 0 Å². The Morgan fingerprint density at radius 2 is 1.79 bits per heavy atom. The van der Waals surface area contributed by atoms with Crippen LogP contribution in [0, 0.1) is 0 Å². The van der Waals surface area contributed by atoms with E-state index in [0.29, 0.717) is 25.1 Å². The summed E-state index contributed by atoms with van der Waals surface area (Å²) in [5, 5.41) is 2.81. The molecule has 1 heterocycles. The molecule has 0 aromatic heterocycles. The number of carbonyl (C=O) groups excluding carboxylic acids is 3. The molecule has 0 aliphatic carbocycles. The third-order valence-corrected chi connectivity index (χ3v) is 6.09. The van der Waals surface area contributed by atoms with Gasteiger partial charge in [-0.25, -0.2) is 4.79 Å². The van der Waals surface area contributed by atoms with Gasteiger partial charge in [-0.3, -0.25) is 9.59 Å². The zero-order chi connectivity index (χ0) is 25.7. The average Bonchev–Trinajstić information content (AvgIpc) is 3.18. The number of nitrogens with zero attached hydrogens (tertiary/aromatic N) is 1. The van der Waals surface area contributed by atoms with Gasteiger partial charge in [-0.2, -0.15) is 0 Å². The monoisotopic (exact) mass is 477 g/mol. The van der Waals surface area contributed by atoms with Crippen molar-refractivity contribution in [1.29, 1.82) is 0 Å². The van der Waals surface area contributed by atoms with Crippen molar-refractivity contribution in [2.45, 2.75) is 83.2 Å². The van der Waals surface area contributed by atoms with E-state index in [1.165, 1.54) is 12.0 Å². The second-order valence-electron chi connectivity index (χ2n) is 9.93. The number of esters is 1. The van der Waals surface area contributed by atoms with Gasteiger partial charge in [-0.05, 0) is 65.2 Å². The van der Waals surface area contributed by atoms with E-state index in [1.807, 2.05) is 32.9 Å². The van der Waals surface area contributed by atoms with E-state index in [0.717, 1.165) is 5.56 Å². The molecule has 1 aromatic rings. The van der Waals surface area contributed by atoms with Crippen molar-refractivity contribution < 1.29 is 28.6 Å². The number of rotatable bonds is 9. The minimum Gasteiger partial charge on any atom is -0.497 e. The van der Waals surface area contributed by atoms with E-state index in [9.17, 15) is 14.4 Å². The summed E-state index contributed by atoms with van der Waals surface area (Å²) in [6.07, 6.45) is 0.814. The summed E-state index contributed by atoms with van der Waals surface area (Å²) in [5.41, 5.74) is 5.43. The second-order valence-corrected chi connectivity index (χ2v) is 9.93. The Kier molecular flexibility index (Phi) is 9.08. The molecule has 0 bridgehead atoms. The molecule has 1 fully saturated rings. The number of methoxy groups -OCH3 is 2. The minimum atomic E-state index is -1.08. The number of hydrogen-bond acceptors (Lipinski definition) is 7. The van der Waals surface area contributed by atoms with Gasteiger partial charge in [0.2, 0.25) is 11.8 Å². The summed E-state index contributed by atoms with van der Waals surface area (Å²) in [5.74, 6) is -0.644. The lowest BCUT2D eigenvalue weighted by atomic mass is 9.97. The van der Waals surface area contributed by atoms with Crippen molar-refractivity contribution in [3.05, 3.63) is 29.8 Å². The first-order valence-electron chi connectivity index (χ1n) is 11.6. The molecule has 1 aliphatic rings. The fraction of sp³-hybridized carbons (Fsp3) is 0.640. The molecule has 2 amide bonds. The topological polar surface area (TPSA) is 120 Å². The SMILES string of the molecule is COC(=O)[C@]1(C)CCCN1C(=O)[C@H](Cc1ccc(OC)cc1)NC(=O)[C@@H](N)[C@@H](C)OC(C)(C)C. The molecule has 0 radical (unpaired) electrons. The van der Waals surface area contributed by atoms with Crippen LogP contribution in [0.5, 0.6) is 5.75 Å². The summed E-state index contributed by atoms with van der Waals surface area (Å²) >= 11 is 0. The highest BCUT2D eigenvalue weighted by molar-refractivity contribution is 5.94. The molecule has 0 saturated carbocycles. The lowest BCUT2D eigenvalue weighted by Crippen LogP contribution is -2.60. The van der Waals surface area contributed by atoms with E-state index in [4.69, 9.17) is 19.9 Å². The molecular weight excluding hydrogens is 438 g/mol. The quantitative estimate of drug-likeness (QED) is 0.521. The van der Waals surface area contributed by atoms with Gasteiger partial charge in [0.15, 0.2) is 0 Å². The largest absolute Gasteiger partial charge is 0.497 e. The number of nitrogens with one attached hydrogen (secondary N) is 1. The Morgan fingerprint density at radius 3 is 2.32 bits per heavy atom. The van der Waals surface area contributed by atoms with Crippen LogP contribution in [-0.2, 0) is 30.3 Å². The molecular formula is C25H39N3O6. The Hall–Kier alpha value is -2.65. The van der Waals surface area contributed by atoms with Gasteiger partial charge >= 0.3 is 5.97 Å². The van der Waals surface area contributed by atoms with Crippen molar-refractivity contribution in [1.82, 2.24) is 10.2 Å². The molecule has 0 unspecified atom stereocenters. The van der Waals surface area contributed by atoms with Crippen molar-refractivity contribution in [2.24, 2.45) is 5.73 Å². The summed E-state index contributed by atoms with van der Waals surface area (Å²) in [7, 11) is 2.88. The van der Waals surface area contributed by atoms with Crippen molar-refractivity contribution >= 4 is 17.8 Å². The summed E-state index contributed by atoms with van der Waals surface area (Å²) in [6.45, 7) is 9.46. The molecule has 1 aromatic carbocycles. The van der Waals surface area contributed by atoms with Crippen LogP contribution in [0.4, 0.5) is 0 Å². The lowest BCUT2D eigenvalue weighted by Gasteiger charge is -2.35. The van der Waals surface area contributed by atoms with Gasteiger partial charge in [-0.1, -0.05) is 12.1 Å². The van der Waals surface area contributed by atoms with Crippen LogP contribution in [0.15, 0.2) is 24.3 Å². The van der Waals surface area contributed by atoms with Crippen LogP contribution < -0.4 is 15.8 Å². The molecule has 0 spiro atoms. The van der Waals surface area contributed by atoms with E-state index in [1.54, 1.807) is 33.1 Å². The Morgan fingerprint density at radius 1 is 1.18 bits per heavy atom. The number of hydrogen-bond donors (Lipinski definition) is 2. The number of nitrogens with two attached hydrogens (primary N) is 1. The highest BCUT2D eigenvalue weighted by atomic mass is 16.5. The summed E-state index contributed by atoms with van der Waals surface area (Å²) < 4.78 is 16.0. The Balaban J connectivity index is 2.29. The van der Waals surface area contributed by atoms with E-state index in [-0.39, 0.29) is 12.3 Å². The highest BCUT2D eigenvalue weighted by Gasteiger charge is 2.48.